The second-order valence-corrected chi connectivity index (χ2v) is 6.00. The Morgan fingerprint density at radius 2 is 1.93 bits per heavy atom. The zero-order valence-electron chi connectivity index (χ0n) is 14.8. The summed E-state index contributed by atoms with van der Waals surface area (Å²) < 4.78 is 14.4. The number of ether oxygens (including phenoxy) is 2. The van der Waals surface area contributed by atoms with E-state index in [-0.39, 0.29) is 13.0 Å². The number of furan rings is 1. The third-order valence-electron chi connectivity index (χ3n) is 4.34. The van der Waals surface area contributed by atoms with E-state index in [0.717, 1.165) is 23.3 Å². The summed E-state index contributed by atoms with van der Waals surface area (Å²) in [5, 5.41) is 10.6. The number of methoxy groups -OCH3 is 1. The van der Waals surface area contributed by atoms with Crippen LogP contribution in [-0.4, -0.2) is 47.4 Å². The van der Waals surface area contributed by atoms with Crippen molar-refractivity contribution in [2.45, 2.75) is 19.0 Å². The molecule has 0 unspecified atom stereocenters. The van der Waals surface area contributed by atoms with E-state index in [1.165, 1.54) is 12.0 Å². The van der Waals surface area contributed by atoms with Crippen molar-refractivity contribution in [3.63, 3.8) is 0 Å². The van der Waals surface area contributed by atoms with E-state index < -0.39 is 47.1 Å². The summed E-state index contributed by atoms with van der Waals surface area (Å²) in [7, 11) is 1.23. The Hall–Kier alpha value is -3.69. The third kappa shape index (κ3) is 3.85. The summed E-state index contributed by atoms with van der Waals surface area (Å²) in [5.41, 5.74) is 1.81. The smallest absolute Gasteiger partial charge is 0.433 e. The number of rotatable bonds is 5. The van der Waals surface area contributed by atoms with Crippen LogP contribution in [0.25, 0.3) is 0 Å². The Morgan fingerprint density at radius 1 is 1.21 bits per heavy atom. The predicted molar refractivity (Wildman–Crippen MR) is 92.1 cm³/mol. The Kier molecular flexibility index (Phi) is 5.39. The van der Waals surface area contributed by atoms with E-state index in [4.69, 9.17) is 13.9 Å². The average Bonchev–Trinajstić information content (AvgIpc) is 3.21. The summed E-state index contributed by atoms with van der Waals surface area (Å²) in [4.78, 5) is 47.7. The highest BCUT2D eigenvalue weighted by Gasteiger charge is 2.35. The second-order valence-electron chi connectivity index (χ2n) is 6.00. The van der Waals surface area contributed by atoms with Crippen LogP contribution in [0.2, 0.25) is 0 Å². The number of hydrogen-bond donors (Lipinski definition) is 0. The van der Waals surface area contributed by atoms with E-state index in [1.807, 2.05) is 24.3 Å². The number of nitro groups is 1. The largest absolute Gasteiger partial charge is 0.467 e. The van der Waals surface area contributed by atoms with E-state index in [9.17, 15) is 24.5 Å². The minimum Gasteiger partial charge on any atom is -0.467 e. The molecule has 2 heterocycles. The lowest BCUT2D eigenvalue weighted by molar-refractivity contribution is -0.402. The van der Waals surface area contributed by atoms with Gasteiger partial charge in [-0.15, -0.1) is 0 Å². The molecule has 28 heavy (non-hydrogen) atoms. The van der Waals surface area contributed by atoms with Gasteiger partial charge in [-0.2, -0.15) is 0 Å². The first-order valence-corrected chi connectivity index (χ1v) is 8.26. The van der Waals surface area contributed by atoms with Crippen LogP contribution >= 0.6 is 0 Å². The van der Waals surface area contributed by atoms with Crippen molar-refractivity contribution in [3.05, 3.63) is 63.4 Å². The molecule has 1 atom stereocenters. The molecule has 0 N–H and O–H groups in total. The van der Waals surface area contributed by atoms with Crippen LogP contribution in [0.4, 0.5) is 5.88 Å². The highest BCUT2D eigenvalue weighted by molar-refractivity contribution is 5.90. The molecule has 1 amide bonds. The van der Waals surface area contributed by atoms with Gasteiger partial charge in [0, 0.05) is 13.0 Å². The van der Waals surface area contributed by atoms with Gasteiger partial charge in [0.2, 0.25) is 5.76 Å². The molecule has 1 aromatic heterocycles. The Bertz CT molecular complexity index is 935. The molecular weight excluding hydrogens is 372 g/mol. The third-order valence-corrected chi connectivity index (χ3v) is 4.34. The maximum absolute atomic E-state index is 12.6. The van der Waals surface area contributed by atoms with Crippen LogP contribution in [0.3, 0.4) is 0 Å². The topological polar surface area (TPSA) is 129 Å². The van der Waals surface area contributed by atoms with E-state index in [2.05, 4.69) is 0 Å². The zero-order valence-corrected chi connectivity index (χ0v) is 14.8. The maximum atomic E-state index is 12.6. The molecule has 0 radical (unpaired) electrons. The highest BCUT2D eigenvalue weighted by atomic mass is 16.7. The zero-order chi connectivity index (χ0) is 20.3. The van der Waals surface area contributed by atoms with E-state index >= 15 is 0 Å². The molecule has 0 fully saturated rings. The molecule has 0 aliphatic carbocycles. The van der Waals surface area contributed by atoms with Gasteiger partial charge in [-0.3, -0.25) is 14.9 Å². The lowest BCUT2D eigenvalue weighted by Gasteiger charge is -2.35. The van der Waals surface area contributed by atoms with Gasteiger partial charge in [0.05, 0.1) is 13.2 Å². The standard InChI is InChI=1S/C18H16N2O8/c1-26-17(22)13-8-11-4-2-3-5-12(11)9-19(13)15(21)10-27-18(23)14-6-7-16(28-14)20(24)25/h2-7,13H,8-10H2,1H3/t13-/m1/s1. The predicted octanol–water partition coefficient (Wildman–Crippen LogP) is 1.47. The van der Waals surface area contributed by atoms with Gasteiger partial charge in [-0.25, -0.2) is 9.59 Å². The fourth-order valence-corrected chi connectivity index (χ4v) is 2.95. The van der Waals surface area contributed by atoms with E-state index in [1.54, 1.807) is 0 Å². The number of fused-ring (bicyclic) bond motifs is 1. The fourth-order valence-electron chi connectivity index (χ4n) is 2.95. The van der Waals surface area contributed by atoms with Gasteiger partial charge < -0.3 is 18.8 Å². The van der Waals surface area contributed by atoms with Gasteiger partial charge >= 0.3 is 17.8 Å². The summed E-state index contributed by atoms with van der Waals surface area (Å²) >= 11 is 0. The average molecular weight is 388 g/mol. The van der Waals surface area contributed by atoms with Gasteiger partial charge in [0.1, 0.15) is 11.0 Å². The molecule has 0 spiro atoms. The molecule has 10 nitrogen and oxygen atoms in total. The van der Waals surface area contributed by atoms with Crippen molar-refractivity contribution in [1.82, 2.24) is 4.90 Å². The minimum atomic E-state index is -1.02. The molecule has 0 saturated heterocycles. The Morgan fingerprint density at radius 3 is 2.57 bits per heavy atom. The van der Waals surface area contributed by atoms with Crippen molar-refractivity contribution in [2.75, 3.05) is 13.7 Å². The normalized spacial score (nSPS) is 15.5. The fraction of sp³-hybridized carbons (Fsp3) is 0.278. The van der Waals surface area contributed by atoms with Crippen molar-refractivity contribution in [1.29, 1.82) is 0 Å². The molecule has 146 valence electrons. The highest BCUT2D eigenvalue weighted by Crippen LogP contribution is 2.24. The monoisotopic (exact) mass is 388 g/mol. The summed E-state index contributed by atoms with van der Waals surface area (Å²) in [5.74, 6) is -3.20. The number of benzene rings is 1. The molecule has 1 aliphatic rings. The molecule has 3 rings (SSSR count). The summed E-state index contributed by atoms with van der Waals surface area (Å²) in [6, 6.07) is 8.63. The minimum absolute atomic E-state index is 0.165. The van der Waals surface area contributed by atoms with E-state index in [0.29, 0.717) is 0 Å². The number of hydrogen-bond acceptors (Lipinski definition) is 8. The molecule has 0 bridgehead atoms. The molecule has 1 aliphatic heterocycles. The second kappa shape index (κ2) is 7.91. The van der Waals surface area contributed by atoms with Crippen molar-refractivity contribution < 1.29 is 33.2 Å². The van der Waals surface area contributed by atoms with Crippen LogP contribution in [-0.2, 0) is 32.0 Å². The van der Waals surface area contributed by atoms with Crippen LogP contribution in [0, 0.1) is 10.1 Å². The number of amides is 1. The van der Waals surface area contributed by atoms with Crippen molar-refractivity contribution >= 4 is 23.7 Å². The Balaban J connectivity index is 1.69. The molecule has 0 saturated carbocycles. The maximum Gasteiger partial charge on any atom is 0.433 e. The van der Waals surface area contributed by atoms with Gasteiger partial charge in [-0.1, -0.05) is 24.3 Å². The number of carbonyl (C=O) groups is 3. The van der Waals surface area contributed by atoms with Gasteiger partial charge in [-0.05, 0) is 17.2 Å². The number of esters is 2. The van der Waals surface area contributed by atoms with Gasteiger partial charge in [0.15, 0.2) is 6.61 Å². The summed E-state index contributed by atoms with van der Waals surface area (Å²) in [6.07, 6.45) is 0.285. The molecule has 1 aromatic carbocycles. The molecule has 2 aromatic rings. The first-order valence-electron chi connectivity index (χ1n) is 8.26. The van der Waals surface area contributed by atoms with Crippen molar-refractivity contribution in [3.8, 4) is 0 Å². The van der Waals surface area contributed by atoms with Crippen molar-refractivity contribution in [2.24, 2.45) is 0 Å². The van der Waals surface area contributed by atoms with Gasteiger partial charge in [0.25, 0.3) is 5.91 Å². The lowest BCUT2D eigenvalue weighted by atomic mass is 9.94. The molecule has 10 heteroatoms. The molecular formula is C18H16N2O8. The first kappa shape index (κ1) is 19.1. The Labute approximate surface area is 158 Å². The van der Waals surface area contributed by atoms with Crippen LogP contribution < -0.4 is 0 Å². The SMILES string of the molecule is COC(=O)[C@H]1Cc2ccccc2CN1C(=O)COC(=O)c1ccc([N+](=O)[O-])o1. The van der Waals surface area contributed by atoms with Crippen LogP contribution in [0.1, 0.15) is 21.7 Å². The number of nitrogens with zero attached hydrogens (tertiary/aromatic N) is 2. The quantitative estimate of drug-likeness (QED) is 0.428. The number of carbonyl (C=O) groups excluding carboxylic acids is 3. The lowest BCUT2D eigenvalue weighted by Crippen LogP contribution is -2.50. The van der Waals surface area contributed by atoms with Crippen LogP contribution in [0.15, 0.2) is 40.8 Å². The van der Waals surface area contributed by atoms with Crippen LogP contribution in [0.5, 0.6) is 0 Å². The summed E-state index contributed by atoms with van der Waals surface area (Å²) in [6.45, 7) is -0.485. The first-order chi connectivity index (χ1) is 13.4.